The van der Waals surface area contributed by atoms with Gasteiger partial charge in [-0.2, -0.15) is 0 Å². The van der Waals surface area contributed by atoms with Crippen molar-refractivity contribution < 1.29 is 26.7 Å². The van der Waals surface area contributed by atoms with Crippen molar-refractivity contribution in [2.24, 2.45) is 0 Å². The molecule has 0 saturated heterocycles. The van der Waals surface area contributed by atoms with Gasteiger partial charge in [0, 0.05) is 10.7 Å². The average Bonchev–Trinajstić information content (AvgIpc) is 2.40. The number of benzene rings is 1. The van der Waals surface area contributed by atoms with Crippen LogP contribution in [-0.2, 0) is 13.8 Å². The highest BCUT2D eigenvalue weighted by molar-refractivity contribution is 8.13. The van der Waals surface area contributed by atoms with E-state index in [0.29, 0.717) is 25.0 Å². The fourth-order valence-electron chi connectivity index (χ4n) is 2.29. The highest BCUT2D eigenvalue weighted by atomic mass is 35.7. The summed E-state index contributed by atoms with van der Waals surface area (Å²) in [6.45, 7) is 0. The van der Waals surface area contributed by atoms with Crippen molar-refractivity contribution in [3.05, 3.63) is 29.3 Å². The maximum absolute atomic E-state index is 14.0. The van der Waals surface area contributed by atoms with Crippen LogP contribution in [0.25, 0.3) is 0 Å². The van der Waals surface area contributed by atoms with Crippen LogP contribution in [0.1, 0.15) is 42.5 Å². The summed E-state index contributed by atoms with van der Waals surface area (Å²) >= 11 is 0. The smallest absolute Gasteiger partial charge is 0.341 e. The molecule has 1 aromatic rings. The number of hydrogen-bond donors (Lipinski definition) is 0. The molecule has 0 spiro atoms. The van der Waals surface area contributed by atoms with Crippen molar-refractivity contribution in [1.82, 2.24) is 0 Å². The van der Waals surface area contributed by atoms with Crippen molar-refractivity contribution in [2.45, 2.75) is 43.1 Å². The monoisotopic (exact) mass is 338 g/mol. The zero-order valence-electron chi connectivity index (χ0n) is 10.9. The van der Waals surface area contributed by atoms with E-state index < -0.39 is 37.1 Å². The van der Waals surface area contributed by atoms with Crippen LogP contribution in [-0.4, -0.2) is 20.5 Å². The Morgan fingerprint density at radius 1 is 1.19 bits per heavy atom. The number of esters is 1. The van der Waals surface area contributed by atoms with E-state index in [1.165, 1.54) is 0 Å². The first kappa shape index (κ1) is 16.2. The number of halogens is 3. The van der Waals surface area contributed by atoms with E-state index in [2.05, 4.69) is 0 Å². The molecule has 0 bridgehead atoms. The molecule has 116 valence electrons. The van der Waals surface area contributed by atoms with Gasteiger partial charge in [-0.3, -0.25) is 0 Å². The SMILES string of the molecule is O=C(OC1CCCCC1)c1cc(F)cc(S(=O)(=O)Cl)c1F. The Labute approximate surface area is 125 Å². The van der Waals surface area contributed by atoms with Gasteiger partial charge in [-0.05, 0) is 37.8 Å². The molecule has 21 heavy (non-hydrogen) atoms. The van der Waals surface area contributed by atoms with Gasteiger partial charge in [0.1, 0.15) is 16.8 Å². The first-order valence-electron chi connectivity index (χ1n) is 6.43. The molecule has 1 aliphatic carbocycles. The second-order valence-corrected chi connectivity index (χ2v) is 7.40. The predicted molar refractivity (Wildman–Crippen MR) is 71.7 cm³/mol. The van der Waals surface area contributed by atoms with Gasteiger partial charge in [-0.1, -0.05) is 6.42 Å². The Hall–Kier alpha value is -1.21. The van der Waals surface area contributed by atoms with E-state index in [9.17, 15) is 22.0 Å². The molecular formula is C13H13ClF2O4S. The highest BCUT2D eigenvalue weighted by Crippen LogP contribution is 2.26. The molecule has 0 aromatic heterocycles. The average molecular weight is 339 g/mol. The lowest BCUT2D eigenvalue weighted by atomic mass is 9.98. The molecule has 0 aliphatic heterocycles. The number of hydrogen-bond acceptors (Lipinski definition) is 4. The first-order valence-corrected chi connectivity index (χ1v) is 8.74. The zero-order valence-corrected chi connectivity index (χ0v) is 12.5. The van der Waals surface area contributed by atoms with E-state index >= 15 is 0 Å². The lowest BCUT2D eigenvalue weighted by molar-refractivity contribution is 0.0205. The van der Waals surface area contributed by atoms with Gasteiger partial charge >= 0.3 is 5.97 Å². The maximum atomic E-state index is 14.0. The summed E-state index contributed by atoms with van der Waals surface area (Å²) in [5.41, 5.74) is -0.764. The molecule has 2 rings (SSSR count). The van der Waals surface area contributed by atoms with Gasteiger partial charge in [-0.15, -0.1) is 0 Å². The summed E-state index contributed by atoms with van der Waals surface area (Å²) in [6, 6.07) is 1.03. The lowest BCUT2D eigenvalue weighted by Crippen LogP contribution is -2.22. The molecule has 1 fully saturated rings. The standard InChI is InChI=1S/C13H13ClF2O4S/c14-21(18,19)11-7-8(15)6-10(12(11)16)13(17)20-9-4-2-1-3-5-9/h6-7,9H,1-5H2. The Kier molecular flexibility index (Phi) is 4.83. The minimum Gasteiger partial charge on any atom is -0.459 e. The van der Waals surface area contributed by atoms with E-state index in [0.717, 1.165) is 19.3 Å². The summed E-state index contributed by atoms with van der Waals surface area (Å²) in [5, 5.41) is 0. The predicted octanol–water partition coefficient (Wildman–Crippen LogP) is 3.38. The molecule has 0 atom stereocenters. The normalized spacial score (nSPS) is 16.7. The number of ether oxygens (including phenoxy) is 1. The summed E-state index contributed by atoms with van der Waals surface area (Å²) < 4.78 is 54.9. The molecule has 8 heteroatoms. The third-order valence-electron chi connectivity index (χ3n) is 3.31. The Morgan fingerprint density at radius 2 is 1.81 bits per heavy atom. The maximum Gasteiger partial charge on any atom is 0.341 e. The fraction of sp³-hybridized carbons (Fsp3) is 0.462. The van der Waals surface area contributed by atoms with Crippen molar-refractivity contribution in [2.75, 3.05) is 0 Å². The Morgan fingerprint density at radius 3 is 2.38 bits per heavy atom. The molecule has 1 aromatic carbocycles. The second kappa shape index (κ2) is 6.27. The van der Waals surface area contributed by atoms with Crippen molar-refractivity contribution in [3.8, 4) is 0 Å². The third-order valence-corrected chi connectivity index (χ3v) is 4.63. The van der Waals surface area contributed by atoms with E-state index in [-0.39, 0.29) is 6.10 Å². The molecule has 4 nitrogen and oxygen atoms in total. The van der Waals surface area contributed by atoms with Gasteiger partial charge in [-0.25, -0.2) is 22.0 Å². The van der Waals surface area contributed by atoms with Crippen LogP contribution in [0.5, 0.6) is 0 Å². The minimum atomic E-state index is -4.50. The van der Waals surface area contributed by atoms with Crippen molar-refractivity contribution >= 4 is 25.7 Å². The van der Waals surface area contributed by atoms with Crippen LogP contribution in [0, 0.1) is 11.6 Å². The molecule has 1 saturated carbocycles. The second-order valence-electron chi connectivity index (χ2n) is 4.87. The Bertz CT molecular complexity index is 654. The number of carbonyl (C=O) groups excluding carboxylic acids is 1. The van der Waals surface area contributed by atoms with Crippen LogP contribution in [0.2, 0.25) is 0 Å². The minimum absolute atomic E-state index is 0.357. The van der Waals surface area contributed by atoms with Gasteiger partial charge in [0.15, 0.2) is 5.82 Å². The lowest BCUT2D eigenvalue weighted by Gasteiger charge is -2.22. The van der Waals surface area contributed by atoms with Crippen LogP contribution in [0.3, 0.4) is 0 Å². The van der Waals surface area contributed by atoms with Crippen LogP contribution in [0.15, 0.2) is 17.0 Å². The molecule has 0 radical (unpaired) electrons. The molecule has 1 aliphatic rings. The van der Waals surface area contributed by atoms with E-state index in [4.69, 9.17) is 15.4 Å². The number of rotatable bonds is 3. The van der Waals surface area contributed by atoms with Gasteiger partial charge in [0.05, 0.1) is 5.56 Å². The quantitative estimate of drug-likeness (QED) is 0.626. The molecule has 0 unspecified atom stereocenters. The fourth-order valence-corrected chi connectivity index (χ4v) is 3.20. The van der Waals surface area contributed by atoms with Crippen molar-refractivity contribution in [3.63, 3.8) is 0 Å². The van der Waals surface area contributed by atoms with Gasteiger partial charge < -0.3 is 4.74 Å². The van der Waals surface area contributed by atoms with Gasteiger partial charge in [0.2, 0.25) is 0 Å². The highest BCUT2D eigenvalue weighted by Gasteiger charge is 2.27. The largest absolute Gasteiger partial charge is 0.459 e. The molecular weight excluding hydrogens is 326 g/mol. The topological polar surface area (TPSA) is 60.4 Å². The molecule has 0 heterocycles. The van der Waals surface area contributed by atoms with Crippen molar-refractivity contribution in [1.29, 1.82) is 0 Å². The van der Waals surface area contributed by atoms with E-state index in [1.54, 1.807) is 0 Å². The first-order chi connectivity index (χ1) is 9.79. The Balaban J connectivity index is 2.30. The third kappa shape index (κ3) is 3.91. The molecule has 0 N–H and O–H groups in total. The summed E-state index contributed by atoms with van der Waals surface area (Å²) in [6.07, 6.45) is 3.78. The summed E-state index contributed by atoms with van der Waals surface area (Å²) in [4.78, 5) is 10.8. The summed E-state index contributed by atoms with van der Waals surface area (Å²) in [7, 11) is 0.522. The van der Waals surface area contributed by atoms with Crippen LogP contribution in [0.4, 0.5) is 8.78 Å². The zero-order chi connectivity index (χ0) is 15.6. The molecule has 0 amide bonds. The van der Waals surface area contributed by atoms with E-state index in [1.807, 2.05) is 0 Å². The van der Waals surface area contributed by atoms with Crippen LogP contribution >= 0.6 is 10.7 Å². The summed E-state index contributed by atoms with van der Waals surface area (Å²) in [5.74, 6) is -3.56. The van der Waals surface area contributed by atoms with Gasteiger partial charge in [0.25, 0.3) is 9.05 Å². The number of carbonyl (C=O) groups is 1. The van der Waals surface area contributed by atoms with Crippen LogP contribution < -0.4 is 0 Å².